The van der Waals surface area contributed by atoms with Crippen LogP contribution in [0.1, 0.15) is 40.0 Å². The van der Waals surface area contributed by atoms with Crippen LogP contribution in [0.2, 0.25) is 0 Å². The number of esters is 1. The van der Waals surface area contributed by atoms with Crippen molar-refractivity contribution in [3.63, 3.8) is 0 Å². The molecule has 3 atom stereocenters. The van der Waals surface area contributed by atoms with Crippen LogP contribution in [0.4, 0.5) is 5.69 Å². The zero-order valence-corrected chi connectivity index (χ0v) is 13.2. The highest BCUT2D eigenvalue weighted by atomic mass is 16.5. The molecule has 0 heterocycles. The van der Waals surface area contributed by atoms with Crippen LogP contribution < -0.4 is 5.32 Å². The maximum absolute atomic E-state index is 12.1. The van der Waals surface area contributed by atoms with Crippen LogP contribution in [-0.2, 0) is 9.53 Å². The van der Waals surface area contributed by atoms with Gasteiger partial charge in [-0.25, -0.2) is 0 Å². The molecule has 1 aromatic rings. The Balaban J connectivity index is 1.57. The Morgan fingerprint density at radius 1 is 1.29 bits per heavy atom. The van der Waals surface area contributed by atoms with Crippen LogP contribution in [0.5, 0.6) is 0 Å². The standard InChI is InChI=1S/C18H25NO2/c1-17(2)13-9-10-18(17,3)15(11-13)21-16(20)12-19-14-7-5-4-6-8-14/h4-8,13,15,19H,9-12H2,1-3H3/t13-,15+,18-/m0/s1. The molecular formula is C18H25NO2. The second-order valence-electron chi connectivity index (χ2n) is 7.31. The van der Waals surface area contributed by atoms with E-state index >= 15 is 0 Å². The minimum Gasteiger partial charge on any atom is -0.460 e. The average Bonchev–Trinajstić information content (AvgIpc) is 2.79. The molecule has 0 radical (unpaired) electrons. The molecule has 0 amide bonds. The minimum atomic E-state index is -0.145. The van der Waals surface area contributed by atoms with Gasteiger partial charge in [-0.2, -0.15) is 0 Å². The molecule has 3 rings (SSSR count). The van der Waals surface area contributed by atoms with Gasteiger partial charge in [0, 0.05) is 11.1 Å². The lowest BCUT2D eigenvalue weighted by atomic mass is 9.70. The van der Waals surface area contributed by atoms with Crippen molar-refractivity contribution in [3.05, 3.63) is 30.3 Å². The smallest absolute Gasteiger partial charge is 0.325 e. The maximum atomic E-state index is 12.1. The van der Waals surface area contributed by atoms with Crippen LogP contribution in [-0.4, -0.2) is 18.6 Å². The highest BCUT2D eigenvalue weighted by Gasteiger charge is 2.62. The predicted molar refractivity (Wildman–Crippen MR) is 84.0 cm³/mol. The van der Waals surface area contributed by atoms with Crippen molar-refractivity contribution in [2.75, 3.05) is 11.9 Å². The highest BCUT2D eigenvalue weighted by molar-refractivity contribution is 5.75. The first-order chi connectivity index (χ1) is 9.93. The van der Waals surface area contributed by atoms with Gasteiger partial charge in [-0.1, -0.05) is 39.0 Å². The van der Waals surface area contributed by atoms with E-state index in [9.17, 15) is 4.79 Å². The third kappa shape index (κ3) is 2.33. The van der Waals surface area contributed by atoms with Crippen molar-refractivity contribution >= 4 is 11.7 Å². The Kier molecular flexibility index (Phi) is 3.46. The molecule has 0 saturated heterocycles. The van der Waals surface area contributed by atoms with E-state index < -0.39 is 0 Å². The molecular weight excluding hydrogens is 262 g/mol. The largest absolute Gasteiger partial charge is 0.460 e. The van der Waals surface area contributed by atoms with E-state index in [1.165, 1.54) is 12.8 Å². The fourth-order valence-electron chi connectivity index (χ4n) is 4.24. The predicted octanol–water partition coefficient (Wildman–Crippen LogP) is 3.86. The molecule has 1 aromatic carbocycles. The molecule has 2 aliphatic rings. The summed E-state index contributed by atoms with van der Waals surface area (Å²) < 4.78 is 5.80. The van der Waals surface area contributed by atoms with E-state index in [2.05, 4.69) is 26.1 Å². The number of benzene rings is 1. The van der Waals surface area contributed by atoms with Crippen molar-refractivity contribution in [2.24, 2.45) is 16.7 Å². The third-order valence-electron chi connectivity index (χ3n) is 6.20. The highest BCUT2D eigenvalue weighted by Crippen LogP contribution is 2.66. The third-order valence-corrected chi connectivity index (χ3v) is 6.20. The van der Waals surface area contributed by atoms with E-state index in [1.807, 2.05) is 30.3 Å². The van der Waals surface area contributed by atoms with Crippen molar-refractivity contribution in [1.29, 1.82) is 0 Å². The monoisotopic (exact) mass is 287 g/mol. The number of para-hydroxylation sites is 1. The number of ether oxygens (including phenoxy) is 1. The van der Waals surface area contributed by atoms with E-state index in [0.29, 0.717) is 5.92 Å². The maximum Gasteiger partial charge on any atom is 0.325 e. The van der Waals surface area contributed by atoms with Gasteiger partial charge < -0.3 is 10.1 Å². The second-order valence-corrected chi connectivity index (χ2v) is 7.31. The lowest BCUT2D eigenvalue weighted by molar-refractivity contribution is -0.154. The van der Waals surface area contributed by atoms with Crippen LogP contribution in [0.25, 0.3) is 0 Å². The Morgan fingerprint density at radius 2 is 2.00 bits per heavy atom. The van der Waals surface area contributed by atoms with E-state index in [4.69, 9.17) is 4.74 Å². The molecule has 2 fully saturated rings. The summed E-state index contributed by atoms with van der Waals surface area (Å²) in [6.07, 6.45) is 3.56. The molecule has 21 heavy (non-hydrogen) atoms. The molecule has 2 aliphatic carbocycles. The Bertz CT molecular complexity index is 525. The first kappa shape index (κ1) is 14.4. The summed E-state index contributed by atoms with van der Waals surface area (Å²) in [5, 5.41) is 3.12. The zero-order chi connectivity index (χ0) is 15.1. The lowest BCUT2D eigenvalue weighted by Crippen LogP contribution is -2.39. The lowest BCUT2D eigenvalue weighted by Gasteiger charge is -2.38. The van der Waals surface area contributed by atoms with Crippen molar-refractivity contribution in [2.45, 2.75) is 46.1 Å². The summed E-state index contributed by atoms with van der Waals surface area (Å²) in [7, 11) is 0. The normalized spacial score (nSPS) is 32.9. The summed E-state index contributed by atoms with van der Waals surface area (Å²) in [6, 6.07) is 9.77. The van der Waals surface area contributed by atoms with Gasteiger partial charge >= 0.3 is 5.97 Å². The molecule has 3 heteroatoms. The summed E-state index contributed by atoms with van der Waals surface area (Å²) in [5.74, 6) is 0.552. The first-order valence-corrected chi connectivity index (χ1v) is 7.92. The summed E-state index contributed by atoms with van der Waals surface area (Å²) in [6.45, 7) is 7.20. The summed E-state index contributed by atoms with van der Waals surface area (Å²) in [5.41, 5.74) is 1.37. The Hall–Kier alpha value is -1.51. The zero-order valence-electron chi connectivity index (χ0n) is 13.2. The molecule has 3 nitrogen and oxygen atoms in total. The van der Waals surface area contributed by atoms with Gasteiger partial charge in [0.05, 0.1) is 0 Å². The second kappa shape index (κ2) is 5.04. The van der Waals surface area contributed by atoms with Crippen molar-refractivity contribution < 1.29 is 9.53 Å². The van der Waals surface area contributed by atoms with Crippen molar-refractivity contribution in [1.82, 2.24) is 0 Å². The van der Waals surface area contributed by atoms with Crippen LogP contribution >= 0.6 is 0 Å². The topological polar surface area (TPSA) is 38.3 Å². The minimum absolute atomic E-state index is 0.0799. The van der Waals surface area contributed by atoms with Gasteiger partial charge in [-0.15, -0.1) is 0 Å². The Labute approximate surface area is 127 Å². The molecule has 0 spiro atoms. The quantitative estimate of drug-likeness (QED) is 0.855. The van der Waals surface area contributed by atoms with Crippen LogP contribution in [0.3, 0.4) is 0 Å². The molecule has 0 unspecified atom stereocenters. The molecule has 2 saturated carbocycles. The number of carbonyl (C=O) groups excluding carboxylic acids is 1. The summed E-state index contributed by atoms with van der Waals surface area (Å²) in [4.78, 5) is 12.1. The Morgan fingerprint density at radius 3 is 2.57 bits per heavy atom. The number of hydrogen-bond acceptors (Lipinski definition) is 3. The van der Waals surface area contributed by atoms with Gasteiger partial charge in [0.25, 0.3) is 0 Å². The van der Waals surface area contributed by atoms with E-state index in [-0.39, 0.29) is 29.4 Å². The van der Waals surface area contributed by atoms with Gasteiger partial charge in [-0.3, -0.25) is 4.79 Å². The first-order valence-electron chi connectivity index (χ1n) is 7.92. The van der Waals surface area contributed by atoms with Gasteiger partial charge in [-0.05, 0) is 42.7 Å². The summed E-state index contributed by atoms with van der Waals surface area (Å²) >= 11 is 0. The van der Waals surface area contributed by atoms with Crippen LogP contribution in [0.15, 0.2) is 30.3 Å². The SMILES string of the molecule is CC1(C)[C@H]2CC[C@@]1(C)[C@H](OC(=O)CNc1ccccc1)C2. The molecule has 2 bridgehead atoms. The van der Waals surface area contributed by atoms with E-state index in [1.54, 1.807) is 0 Å². The average molecular weight is 287 g/mol. The molecule has 0 aliphatic heterocycles. The molecule has 0 aromatic heterocycles. The van der Waals surface area contributed by atoms with Gasteiger partial charge in [0.1, 0.15) is 12.6 Å². The fraction of sp³-hybridized carbons (Fsp3) is 0.611. The molecule has 1 N–H and O–H groups in total. The number of rotatable bonds is 4. The number of hydrogen-bond donors (Lipinski definition) is 1. The fourth-order valence-corrected chi connectivity index (χ4v) is 4.24. The van der Waals surface area contributed by atoms with Crippen molar-refractivity contribution in [3.8, 4) is 0 Å². The number of carbonyl (C=O) groups is 1. The van der Waals surface area contributed by atoms with E-state index in [0.717, 1.165) is 12.1 Å². The van der Waals surface area contributed by atoms with Crippen LogP contribution in [0, 0.1) is 16.7 Å². The number of fused-ring (bicyclic) bond motifs is 2. The van der Waals surface area contributed by atoms with Gasteiger partial charge in [0.2, 0.25) is 0 Å². The van der Waals surface area contributed by atoms with Gasteiger partial charge in [0.15, 0.2) is 0 Å². The molecule has 114 valence electrons. The number of anilines is 1. The number of nitrogens with one attached hydrogen (secondary N) is 1.